The average molecular weight is 197 g/mol. The molecule has 1 N–H and O–H groups in total. The van der Waals surface area contributed by atoms with Gasteiger partial charge in [0.2, 0.25) is 0 Å². The molecule has 0 aliphatic heterocycles. The molecule has 74 valence electrons. The van der Waals surface area contributed by atoms with Gasteiger partial charge in [-0.15, -0.1) is 0 Å². The Balaban J connectivity index is 2.76. The Morgan fingerprint density at radius 1 is 1.07 bits per heavy atom. The van der Waals surface area contributed by atoms with E-state index in [1.54, 1.807) is 0 Å². The first-order valence-corrected chi connectivity index (χ1v) is 4.81. The lowest BCUT2D eigenvalue weighted by molar-refractivity contribution is -0.107. The van der Waals surface area contributed by atoms with Gasteiger partial charge in [0.15, 0.2) is 0 Å². The summed E-state index contributed by atoms with van der Waals surface area (Å²) in [7, 11) is 0. The molecule has 0 atom stereocenters. The van der Waals surface area contributed by atoms with Crippen molar-refractivity contribution >= 4 is 23.3 Å². The molecule has 0 radical (unpaired) electrons. The van der Waals surface area contributed by atoms with E-state index < -0.39 is 0 Å². The third-order valence-electron chi connectivity index (χ3n) is 2.51. The summed E-state index contributed by atoms with van der Waals surface area (Å²) < 4.78 is 0. The summed E-state index contributed by atoms with van der Waals surface area (Å²) in [4.78, 5) is 10.5. The van der Waals surface area contributed by atoms with Crippen LogP contribution < -0.4 is 0 Å². The summed E-state index contributed by atoms with van der Waals surface area (Å²) >= 11 is 0. The quantitative estimate of drug-likeness (QED) is 0.596. The van der Waals surface area contributed by atoms with E-state index >= 15 is 0 Å². The van der Waals surface area contributed by atoms with Gasteiger partial charge in [-0.1, -0.05) is 36.4 Å². The molecule has 2 nitrogen and oxygen atoms in total. The second-order valence-electron chi connectivity index (χ2n) is 3.37. The minimum Gasteiger partial charge on any atom is -0.308 e. The van der Waals surface area contributed by atoms with Gasteiger partial charge in [0, 0.05) is 12.6 Å². The molecular weight excluding hydrogens is 186 g/mol. The van der Waals surface area contributed by atoms with Crippen molar-refractivity contribution in [1.29, 1.82) is 5.41 Å². The van der Waals surface area contributed by atoms with Gasteiger partial charge in [-0.2, -0.15) is 0 Å². The molecule has 0 bridgehead atoms. The van der Waals surface area contributed by atoms with Crippen LogP contribution in [0.25, 0.3) is 10.8 Å². The van der Waals surface area contributed by atoms with Crippen LogP contribution in [0.5, 0.6) is 0 Å². The lowest BCUT2D eigenvalue weighted by Crippen LogP contribution is -1.91. The minimum absolute atomic E-state index is 0.429. The fraction of sp³-hybridized carbons (Fsp3) is 0.0769. The SMILES string of the molecule is N=Cc1ccc(CC=O)c2ccccc12. The number of nitrogens with one attached hydrogen (secondary N) is 1. The van der Waals surface area contributed by atoms with Crippen molar-refractivity contribution in [2.75, 3.05) is 0 Å². The molecule has 0 saturated carbocycles. The average Bonchev–Trinajstić information content (AvgIpc) is 2.30. The zero-order valence-corrected chi connectivity index (χ0v) is 8.23. The van der Waals surface area contributed by atoms with Gasteiger partial charge in [0.25, 0.3) is 0 Å². The molecule has 0 fully saturated rings. The van der Waals surface area contributed by atoms with Gasteiger partial charge in [-0.3, -0.25) is 0 Å². The summed E-state index contributed by atoms with van der Waals surface area (Å²) in [5, 5.41) is 9.40. The Kier molecular flexibility index (Phi) is 2.59. The van der Waals surface area contributed by atoms with Crippen LogP contribution in [-0.2, 0) is 11.2 Å². The highest BCUT2D eigenvalue weighted by Gasteiger charge is 2.02. The Morgan fingerprint density at radius 3 is 2.47 bits per heavy atom. The van der Waals surface area contributed by atoms with Gasteiger partial charge < -0.3 is 10.2 Å². The van der Waals surface area contributed by atoms with Crippen LogP contribution >= 0.6 is 0 Å². The summed E-state index contributed by atoms with van der Waals surface area (Å²) in [6.45, 7) is 0. The first-order valence-electron chi connectivity index (χ1n) is 4.81. The maximum Gasteiger partial charge on any atom is 0.124 e. The molecule has 0 spiro atoms. The summed E-state index contributed by atoms with van der Waals surface area (Å²) in [6, 6.07) is 11.7. The van der Waals surface area contributed by atoms with Gasteiger partial charge >= 0.3 is 0 Å². The molecule has 2 rings (SSSR count). The van der Waals surface area contributed by atoms with Crippen LogP contribution in [0.3, 0.4) is 0 Å². The number of carbonyl (C=O) groups excluding carboxylic acids is 1. The van der Waals surface area contributed by atoms with Gasteiger partial charge in [0.1, 0.15) is 6.29 Å². The lowest BCUT2D eigenvalue weighted by Gasteiger charge is -2.05. The van der Waals surface area contributed by atoms with E-state index in [0.717, 1.165) is 28.2 Å². The van der Waals surface area contributed by atoms with Gasteiger partial charge in [0.05, 0.1) is 0 Å². The largest absolute Gasteiger partial charge is 0.308 e. The van der Waals surface area contributed by atoms with E-state index in [-0.39, 0.29) is 0 Å². The zero-order valence-electron chi connectivity index (χ0n) is 8.23. The summed E-state index contributed by atoms with van der Waals surface area (Å²) in [6.07, 6.45) is 2.68. The second kappa shape index (κ2) is 4.05. The van der Waals surface area contributed by atoms with Gasteiger partial charge in [-0.05, 0) is 21.9 Å². The number of rotatable bonds is 3. The molecule has 0 aliphatic carbocycles. The standard InChI is InChI=1S/C13H11NO/c14-9-11-6-5-10(7-8-15)12-3-1-2-4-13(11)12/h1-6,8-9,14H,7H2. The smallest absolute Gasteiger partial charge is 0.124 e. The van der Waals surface area contributed by atoms with E-state index in [9.17, 15) is 4.79 Å². The zero-order chi connectivity index (χ0) is 10.7. The van der Waals surface area contributed by atoms with E-state index in [1.807, 2.05) is 36.4 Å². The molecule has 0 heterocycles. The lowest BCUT2D eigenvalue weighted by atomic mass is 9.99. The van der Waals surface area contributed by atoms with Crippen molar-refractivity contribution in [3.63, 3.8) is 0 Å². The Hall–Kier alpha value is -1.96. The normalized spacial score (nSPS) is 10.1. The Labute approximate surface area is 88.1 Å². The van der Waals surface area contributed by atoms with Crippen molar-refractivity contribution in [1.82, 2.24) is 0 Å². The molecule has 2 aromatic carbocycles. The fourth-order valence-electron chi connectivity index (χ4n) is 1.78. The number of benzene rings is 2. The predicted molar refractivity (Wildman–Crippen MR) is 61.6 cm³/mol. The highest BCUT2D eigenvalue weighted by atomic mass is 16.1. The molecular formula is C13H11NO. The topological polar surface area (TPSA) is 40.9 Å². The maximum atomic E-state index is 10.5. The summed E-state index contributed by atoms with van der Waals surface area (Å²) in [5.74, 6) is 0. The number of carbonyl (C=O) groups is 1. The molecule has 2 aromatic rings. The first kappa shape index (κ1) is 9.59. The van der Waals surface area contributed by atoms with Crippen molar-refractivity contribution in [2.45, 2.75) is 6.42 Å². The molecule has 2 heteroatoms. The van der Waals surface area contributed by atoms with Crippen LogP contribution in [0, 0.1) is 5.41 Å². The number of fused-ring (bicyclic) bond motifs is 1. The van der Waals surface area contributed by atoms with Crippen molar-refractivity contribution in [2.24, 2.45) is 0 Å². The number of hydrogen-bond donors (Lipinski definition) is 1. The Morgan fingerprint density at radius 2 is 1.80 bits per heavy atom. The highest BCUT2D eigenvalue weighted by Crippen LogP contribution is 2.21. The molecule has 0 aromatic heterocycles. The van der Waals surface area contributed by atoms with Crippen molar-refractivity contribution in [3.05, 3.63) is 47.5 Å². The second-order valence-corrected chi connectivity index (χ2v) is 3.37. The minimum atomic E-state index is 0.429. The fourth-order valence-corrected chi connectivity index (χ4v) is 1.78. The Bertz CT molecular complexity index is 517. The van der Waals surface area contributed by atoms with Gasteiger partial charge in [-0.25, -0.2) is 0 Å². The van der Waals surface area contributed by atoms with E-state index in [4.69, 9.17) is 5.41 Å². The number of aldehydes is 1. The highest BCUT2D eigenvalue weighted by molar-refractivity contribution is 6.00. The van der Waals surface area contributed by atoms with E-state index in [2.05, 4.69) is 0 Å². The third-order valence-corrected chi connectivity index (χ3v) is 2.51. The third kappa shape index (κ3) is 1.66. The first-order chi connectivity index (χ1) is 7.36. The monoisotopic (exact) mass is 197 g/mol. The number of hydrogen-bond acceptors (Lipinski definition) is 2. The van der Waals surface area contributed by atoms with Crippen LogP contribution in [0.4, 0.5) is 0 Å². The van der Waals surface area contributed by atoms with Crippen LogP contribution in [0.2, 0.25) is 0 Å². The van der Waals surface area contributed by atoms with Crippen LogP contribution in [0.1, 0.15) is 11.1 Å². The van der Waals surface area contributed by atoms with E-state index in [1.165, 1.54) is 6.21 Å². The molecule has 0 saturated heterocycles. The maximum absolute atomic E-state index is 10.5. The van der Waals surface area contributed by atoms with Crippen LogP contribution in [0.15, 0.2) is 36.4 Å². The molecule has 15 heavy (non-hydrogen) atoms. The summed E-state index contributed by atoms with van der Waals surface area (Å²) in [5.41, 5.74) is 1.91. The predicted octanol–water partition coefficient (Wildman–Crippen LogP) is 2.58. The van der Waals surface area contributed by atoms with Crippen LogP contribution in [-0.4, -0.2) is 12.5 Å². The molecule has 0 aliphatic rings. The van der Waals surface area contributed by atoms with Crippen molar-refractivity contribution < 1.29 is 4.79 Å². The molecule has 0 unspecified atom stereocenters. The van der Waals surface area contributed by atoms with Crippen molar-refractivity contribution in [3.8, 4) is 0 Å². The molecule has 0 amide bonds. The van der Waals surface area contributed by atoms with E-state index in [0.29, 0.717) is 6.42 Å².